The van der Waals surface area contributed by atoms with Crippen LogP contribution in [0, 0.1) is 5.92 Å². The topological polar surface area (TPSA) is 90.3 Å². The van der Waals surface area contributed by atoms with Crippen molar-refractivity contribution >= 4 is 12.0 Å². The molecule has 2 rings (SSSR count). The van der Waals surface area contributed by atoms with Gasteiger partial charge in [0, 0.05) is 33.2 Å². The zero-order valence-corrected chi connectivity index (χ0v) is 11.7. The van der Waals surface area contributed by atoms with E-state index in [2.05, 4.69) is 0 Å². The number of ether oxygens (including phenoxy) is 1. The van der Waals surface area contributed by atoms with E-state index in [4.69, 9.17) is 9.84 Å². The number of carboxylic acids is 1. The van der Waals surface area contributed by atoms with Crippen molar-refractivity contribution in [3.8, 4) is 0 Å². The third kappa shape index (κ3) is 3.83. The van der Waals surface area contributed by atoms with Crippen LogP contribution < -0.4 is 0 Å². The Bertz CT molecular complexity index is 372. The highest BCUT2D eigenvalue weighted by Gasteiger charge is 2.39. The predicted molar refractivity (Wildman–Crippen MR) is 70.3 cm³/mol. The van der Waals surface area contributed by atoms with Crippen molar-refractivity contribution in [3.63, 3.8) is 0 Å². The summed E-state index contributed by atoms with van der Waals surface area (Å²) in [6.45, 7) is 1.68. The first kappa shape index (κ1) is 15.1. The summed E-state index contributed by atoms with van der Waals surface area (Å²) in [6, 6.07) is -1.31. The standard InChI is InChI=1S/C13H22N2O5/c1-14(4-5-20-8-9-2-3-9)13(19)15-7-10(16)6-11(15)12(17)18/h9-11,16H,2-8H2,1H3,(H,17,18)/t10-,11-/m0/s1. The smallest absolute Gasteiger partial charge is 0.326 e. The van der Waals surface area contributed by atoms with Crippen molar-refractivity contribution in [1.29, 1.82) is 0 Å². The van der Waals surface area contributed by atoms with Crippen LogP contribution in [0.4, 0.5) is 4.79 Å². The van der Waals surface area contributed by atoms with Crippen LogP contribution in [0.2, 0.25) is 0 Å². The number of amides is 2. The Morgan fingerprint density at radius 1 is 1.40 bits per heavy atom. The molecule has 1 heterocycles. The quantitative estimate of drug-likeness (QED) is 0.670. The number of rotatable bonds is 6. The molecule has 0 aromatic heterocycles. The minimum absolute atomic E-state index is 0.0725. The summed E-state index contributed by atoms with van der Waals surface area (Å²) >= 11 is 0. The molecule has 1 aliphatic heterocycles. The lowest BCUT2D eigenvalue weighted by molar-refractivity contribution is -0.141. The maximum Gasteiger partial charge on any atom is 0.326 e. The van der Waals surface area contributed by atoms with E-state index in [1.54, 1.807) is 7.05 Å². The molecule has 2 fully saturated rings. The van der Waals surface area contributed by atoms with Gasteiger partial charge in [0.2, 0.25) is 0 Å². The van der Waals surface area contributed by atoms with Crippen LogP contribution in [0.15, 0.2) is 0 Å². The number of urea groups is 1. The predicted octanol–water partition coefficient (Wildman–Crippen LogP) is -0.0154. The lowest BCUT2D eigenvalue weighted by atomic mass is 10.2. The number of carboxylic acid groups (broad SMARTS) is 1. The average molecular weight is 286 g/mol. The molecule has 0 bridgehead atoms. The Labute approximate surface area is 118 Å². The van der Waals surface area contributed by atoms with Crippen molar-refractivity contribution in [2.24, 2.45) is 5.92 Å². The van der Waals surface area contributed by atoms with Gasteiger partial charge in [-0.05, 0) is 18.8 Å². The molecule has 0 unspecified atom stereocenters. The number of hydrogen-bond acceptors (Lipinski definition) is 4. The van der Waals surface area contributed by atoms with E-state index in [1.807, 2.05) is 0 Å². The molecule has 114 valence electrons. The van der Waals surface area contributed by atoms with Gasteiger partial charge in [-0.25, -0.2) is 9.59 Å². The number of β-amino-alcohol motifs (C(OH)–C–C–N with tert-alkyl or cyclic N) is 1. The molecule has 1 aliphatic carbocycles. The Hall–Kier alpha value is -1.34. The van der Waals surface area contributed by atoms with Crippen LogP contribution >= 0.6 is 0 Å². The molecule has 7 nitrogen and oxygen atoms in total. The number of aliphatic hydroxyl groups is 1. The monoisotopic (exact) mass is 286 g/mol. The van der Waals surface area contributed by atoms with Gasteiger partial charge in [0.15, 0.2) is 0 Å². The Morgan fingerprint density at radius 3 is 2.70 bits per heavy atom. The van der Waals surface area contributed by atoms with Gasteiger partial charge in [0.05, 0.1) is 12.7 Å². The highest BCUT2D eigenvalue weighted by atomic mass is 16.5. The van der Waals surface area contributed by atoms with E-state index in [9.17, 15) is 14.7 Å². The van der Waals surface area contributed by atoms with Crippen molar-refractivity contribution < 1.29 is 24.5 Å². The highest BCUT2D eigenvalue weighted by molar-refractivity contribution is 5.83. The second kappa shape index (κ2) is 6.41. The molecule has 2 N–H and O–H groups in total. The Morgan fingerprint density at radius 2 is 2.10 bits per heavy atom. The molecule has 2 atom stereocenters. The first-order valence-corrected chi connectivity index (χ1v) is 6.99. The SMILES string of the molecule is CN(CCOCC1CC1)C(=O)N1C[C@@H](O)C[C@H]1C(=O)O. The van der Waals surface area contributed by atoms with Gasteiger partial charge < -0.3 is 24.7 Å². The van der Waals surface area contributed by atoms with Crippen LogP contribution in [-0.2, 0) is 9.53 Å². The van der Waals surface area contributed by atoms with Crippen molar-refractivity contribution in [2.75, 3.05) is 33.4 Å². The lowest BCUT2D eigenvalue weighted by Crippen LogP contribution is -2.47. The van der Waals surface area contributed by atoms with E-state index in [-0.39, 0.29) is 19.0 Å². The van der Waals surface area contributed by atoms with Gasteiger partial charge in [-0.2, -0.15) is 0 Å². The zero-order valence-electron chi connectivity index (χ0n) is 11.7. The zero-order chi connectivity index (χ0) is 14.7. The first-order valence-electron chi connectivity index (χ1n) is 6.99. The van der Waals surface area contributed by atoms with Gasteiger partial charge in [-0.1, -0.05) is 0 Å². The molecule has 7 heteroatoms. The van der Waals surface area contributed by atoms with E-state index >= 15 is 0 Å². The second-order valence-corrected chi connectivity index (χ2v) is 5.62. The third-order valence-corrected chi connectivity index (χ3v) is 3.76. The summed E-state index contributed by atoms with van der Waals surface area (Å²) in [6.07, 6.45) is 1.77. The number of carbonyl (C=O) groups is 2. The Kier molecular flexibility index (Phi) is 4.82. The fourth-order valence-electron chi connectivity index (χ4n) is 2.31. The van der Waals surface area contributed by atoms with Crippen LogP contribution in [-0.4, -0.2) is 77.5 Å². The minimum Gasteiger partial charge on any atom is -0.480 e. The molecular formula is C13H22N2O5. The summed E-state index contributed by atoms with van der Waals surface area (Å²) in [5, 5.41) is 18.6. The molecule has 1 saturated carbocycles. The van der Waals surface area contributed by atoms with Gasteiger partial charge >= 0.3 is 12.0 Å². The number of hydrogen-bond donors (Lipinski definition) is 2. The van der Waals surface area contributed by atoms with Crippen molar-refractivity contribution in [3.05, 3.63) is 0 Å². The van der Waals surface area contributed by atoms with E-state index in [0.29, 0.717) is 19.1 Å². The van der Waals surface area contributed by atoms with Crippen LogP contribution in [0.1, 0.15) is 19.3 Å². The van der Waals surface area contributed by atoms with Crippen molar-refractivity contribution in [1.82, 2.24) is 9.80 Å². The second-order valence-electron chi connectivity index (χ2n) is 5.62. The molecule has 0 aromatic carbocycles. The summed E-state index contributed by atoms with van der Waals surface area (Å²) < 4.78 is 5.46. The van der Waals surface area contributed by atoms with E-state index in [0.717, 1.165) is 6.61 Å². The molecule has 2 aliphatic rings. The average Bonchev–Trinajstić information content (AvgIpc) is 3.14. The van der Waals surface area contributed by atoms with Crippen LogP contribution in [0.5, 0.6) is 0 Å². The van der Waals surface area contributed by atoms with Crippen molar-refractivity contribution in [2.45, 2.75) is 31.4 Å². The molecular weight excluding hydrogens is 264 g/mol. The molecule has 0 radical (unpaired) electrons. The fourth-order valence-corrected chi connectivity index (χ4v) is 2.31. The summed E-state index contributed by atoms with van der Waals surface area (Å²) in [4.78, 5) is 25.9. The number of likely N-dealkylation sites (tertiary alicyclic amines) is 1. The minimum atomic E-state index is -1.08. The van der Waals surface area contributed by atoms with E-state index < -0.39 is 18.1 Å². The Balaban J connectivity index is 1.77. The van der Waals surface area contributed by atoms with Gasteiger partial charge in [0.25, 0.3) is 0 Å². The summed E-state index contributed by atoms with van der Waals surface area (Å²) in [5.41, 5.74) is 0. The van der Waals surface area contributed by atoms with Gasteiger partial charge in [-0.3, -0.25) is 0 Å². The number of nitrogens with zero attached hydrogens (tertiary/aromatic N) is 2. The maximum atomic E-state index is 12.2. The largest absolute Gasteiger partial charge is 0.480 e. The molecule has 0 aromatic rings. The number of likely N-dealkylation sites (N-methyl/N-ethyl adjacent to an activating group) is 1. The summed E-state index contributed by atoms with van der Waals surface area (Å²) in [5.74, 6) is -0.394. The molecule has 2 amide bonds. The number of aliphatic carboxylic acids is 1. The molecule has 0 spiro atoms. The van der Waals surface area contributed by atoms with E-state index in [1.165, 1.54) is 22.6 Å². The highest BCUT2D eigenvalue weighted by Crippen LogP contribution is 2.28. The number of carbonyl (C=O) groups excluding carboxylic acids is 1. The number of aliphatic hydroxyl groups excluding tert-OH is 1. The van der Waals surface area contributed by atoms with Gasteiger partial charge in [-0.15, -0.1) is 0 Å². The first-order chi connectivity index (χ1) is 9.49. The van der Waals surface area contributed by atoms with Crippen LogP contribution in [0.25, 0.3) is 0 Å². The molecule has 1 saturated heterocycles. The molecule has 20 heavy (non-hydrogen) atoms. The fraction of sp³-hybridized carbons (Fsp3) is 0.846. The lowest BCUT2D eigenvalue weighted by Gasteiger charge is -2.27. The van der Waals surface area contributed by atoms with Gasteiger partial charge in [0.1, 0.15) is 6.04 Å². The third-order valence-electron chi connectivity index (χ3n) is 3.76. The maximum absolute atomic E-state index is 12.2. The van der Waals surface area contributed by atoms with Crippen LogP contribution in [0.3, 0.4) is 0 Å². The summed E-state index contributed by atoms with van der Waals surface area (Å²) in [7, 11) is 1.62. The normalized spacial score (nSPS) is 25.8.